The van der Waals surface area contributed by atoms with Crippen LogP contribution in [0.2, 0.25) is 0 Å². The molecule has 0 fully saturated rings. The zero-order chi connectivity index (χ0) is 19.5. The number of ketones is 1. The highest BCUT2D eigenvalue weighted by atomic mass is 35.5. The van der Waals surface area contributed by atoms with E-state index in [-0.39, 0.29) is 24.8 Å². The third-order valence-electron chi connectivity index (χ3n) is 4.22. The molecule has 2 aromatic rings. The maximum atomic E-state index is 12.5. The molecule has 1 unspecified atom stereocenters. The van der Waals surface area contributed by atoms with Gasteiger partial charge in [0.25, 0.3) is 0 Å². The second-order valence-corrected chi connectivity index (χ2v) is 6.43. The normalized spacial score (nSPS) is 11.4. The van der Waals surface area contributed by atoms with E-state index in [2.05, 4.69) is 12.2 Å². The van der Waals surface area contributed by atoms with Gasteiger partial charge in [0.05, 0.1) is 7.11 Å². The van der Waals surface area contributed by atoms with Crippen LogP contribution in [0.15, 0.2) is 48.5 Å². The monoisotopic (exact) mass is 407 g/mol. The minimum absolute atomic E-state index is 0. The van der Waals surface area contributed by atoms with Crippen molar-refractivity contribution in [1.29, 1.82) is 0 Å². The van der Waals surface area contributed by atoms with Crippen molar-refractivity contribution in [2.75, 3.05) is 26.8 Å². The fraction of sp³-hybridized carbons (Fsp3) is 0.409. The van der Waals surface area contributed by atoms with Crippen molar-refractivity contribution in [2.45, 2.75) is 32.3 Å². The average Bonchev–Trinajstić information content (AvgIpc) is 2.71. The topological polar surface area (TPSA) is 67.8 Å². The number of Topliss-reactive ketones (excluding diaryl/α,β-unsaturated/α-hetero) is 1. The van der Waals surface area contributed by atoms with Gasteiger partial charge in [0, 0.05) is 18.5 Å². The number of hydrogen-bond donors (Lipinski definition) is 2. The Bertz CT molecular complexity index is 723. The molecule has 0 heterocycles. The molecule has 0 radical (unpaired) electrons. The van der Waals surface area contributed by atoms with E-state index in [0.29, 0.717) is 36.4 Å². The summed E-state index contributed by atoms with van der Waals surface area (Å²) in [5, 5.41) is 13.2. The Kier molecular flexibility index (Phi) is 11.3. The smallest absolute Gasteiger partial charge is 0.163 e. The van der Waals surface area contributed by atoms with Crippen molar-refractivity contribution >= 4 is 18.2 Å². The molecule has 0 amide bonds. The van der Waals surface area contributed by atoms with Gasteiger partial charge in [-0.1, -0.05) is 37.3 Å². The number of methoxy groups -OCH3 is 1. The van der Waals surface area contributed by atoms with Gasteiger partial charge in [-0.15, -0.1) is 12.4 Å². The van der Waals surface area contributed by atoms with Gasteiger partial charge in [-0.2, -0.15) is 0 Å². The number of nitrogens with one attached hydrogen (secondary N) is 1. The van der Waals surface area contributed by atoms with E-state index in [4.69, 9.17) is 9.47 Å². The van der Waals surface area contributed by atoms with Crippen LogP contribution in [0, 0.1) is 0 Å². The Labute approximate surface area is 173 Å². The lowest BCUT2D eigenvalue weighted by atomic mass is 10.0. The lowest BCUT2D eigenvalue weighted by Gasteiger charge is -2.15. The summed E-state index contributed by atoms with van der Waals surface area (Å²) in [5.74, 6) is 1.45. The maximum absolute atomic E-state index is 12.5. The van der Waals surface area contributed by atoms with Crippen LogP contribution in [0.4, 0.5) is 0 Å². The molecule has 0 spiro atoms. The van der Waals surface area contributed by atoms with Crippen LogP contribution < -0.4 is 14.8 Å². The molecule has 28 heavy (non-hydrogen) atoms. The molecule has 2 N–H and O–H groups in total. The Balaban J connectivity index is 0.00000392. The zero-order valence-electron chi connectivity index (χ0n) is 16.5. The Morgan fingerprint density at radius 1 is 1.18 bits per heavy atom. The molecular formula is C22H30ClNO4. The van der Waals surface area contributed by atoms with E-state index in [9.17, 15) is 9.90 Å². The van der Waals surface area contributed by atoms with Gasteiger partial charge in [0.1, 0.15) is 24.2 Å². The molecule has 0 aromatic heterocycles. The van der Waals surface area contributed by atoms with Gasteiger partial charge in [0.2, 0.25) is 0 Å². The number of ether oxygens (including phenoxy) is 2. The van der Waals surface area contributed by atoms with Crippen molar-refractivity contribution in [1.82, 2.24) is 5.32 Å². The number of benzene rings is 2. The van der Waals surface area contributed by atoms with Crippen LogP contribution in [0.25, 0.3) is 0 Å². The van der Waals surface area contributed by atoms with E-state index in [1.165, 1.54) is 0 Å². The molecule has 154 valence electrons. The van der Waals surface area contributed by atoms with Crippen molar-refractivity contribution in [3.63, 3.8) is 0 Å². The molecule has 5 nitrogen and oxygen atoms in total. The highest BCUT2D eigenvalue weighted by molar-refractivity contribution is 5.96. The van der Waals surface area contributed by atoms with Crippen molar-refractivity contribution in [3.8, 4) is 11.5 Å². The van der Waals surface area contributed by atoms with Gasteiger partial charge < -0.3 is 19.9 Å². The molecule has 1 atom stereocenters. The summed E-state index contributed by atoms with van der Waals surface area (Å²) in [6.45, 7) is 3.68. The highest BCUT2D eigenvalue weighted by Crippen LogP contribution is 2.21. The van der Waals surface area contributed by atoms with Crippen molar-refractivity contribution in [2.24, 2.45) is 0 Å². The van der Waals surface area contributed by atoms with Crippen LogP contribution >= 0.6 is 12.4 Å². The average molecular weight is 408 g/mol. The number of rotatable bonds is 12. The van der Waals surface area contributed by atoms with Crippen LogP contribution in [0.1, 0.15) is 35.7 Å². The Hall–Kier alpha value is -2.08. The molecule has 2 aromatic carbocycles. The molecule has 0 aliphatic carbocycles. The lowest BCUT2D eigenvalue weighted by molar-refractivity contribution is 0.0979. The number of aliphatic hydroxyl groups excluding tert-OH is 1. The van der Waals surface area contributed by atoms with Crippen LogP contribution in [-0.4, -0.2) is 43.8 Å². The minimum atomic E-state index is -0.567. The first kappa shape index (κ1) is 24.0. The first-order valence-corrected chi connectivity index (χ1v) is 9.40. The fourth-order valence-electron chi connectivity index (χ4n) is 2.73. The number of carbonyl (C=O) groups is 1. The third kappa shape index (κ3) is 7.89. The molecule has 0 saturated carbocycles. The largest absolute Gasteiger partial charge is 0.497 e. The van der Waals surface area contributed by atoms with Gasteiger partial charge in [-0.3, -0.25) is 4.79 Å². The van der Waals surface area contributed by atoms with Gasteiger partial charge >= 0.3 is 0 Å². The quantitative estimate of drug-likeness (QED) is 0.415. The number of hydrogen-bond acceptors (Lipinski definition) is 5. The van der Waals surface area contributed by atoms with Crippen LogP contribution in [0.3, 0.4) is 0 Å². The molecular weight excluding hydrogens is 378 g/mol. The molecule has 0 bridgehead atoms. The molecule has 6 heteroatoms. The van der Waals surface area contributed by atoms with E-state index < -0.39 is 6.10 Å². The predicted octanol–water partition coefficient (Wildman–Crippen LogP) is 3.67. The SMILES string of the molecule is CCCNCC(O)COc1ccccc1CCC(=O)c1cccc(OC)c1.Cl. The number of aliphatic hydroxyl groups is 1. The lowest BCUT2D eigenvalue weighted by Crippen LogP contribution is -2.31. The van der Waals surface area contributed by atoms with Crippen LogP contribution in [0.5, 0.6) is 11.5 Å². The van der Waals surface area contributed by atoms with Gasteiger partial charge in [-0.25, -0.2) is 0 Å². The summed E-state index contributed by atoms with van der Waals surface area (Å²) in [6, 6.07) is 14.8. The predicted molar refractivity (Wildman–Crippen MR) is 114 cm³/mol. The van der Waals surface area contributed by atoms with Gasteiger partial charge in [-0.05, 0) is 43.1 Å². The molecule has 0 saturated heterocycles. The standard InChI is InChI=1S/C22H29NO4.ClH/c1-3-13-23-15-19(24)16-27-22-10-5-4-7-17(22)11-12-21(25)18-8-6-9-20(14-18)26-2;/h4-10,14,19,23-24H,3,11-13,15-16H2,1-2H3;1H. The Morgan fingerprint density at radius 2 is 1.96 bits per heavy atom. The number of para-hydroxylation sites is 1. The molecule has 2 rings (SSSR count). The number of aryl methyl sites for hydroxylation is 1. The fourth-order valence-corrected chi connectivity index (χ4v) is 2.73. The van der Waals surface area contributed by atoms with Gasteiger partial charge in [0.15, 0.2) is 5.78 Å². The summed E-state index contributed by atoms with van der Waals surface area (Å²) >= 11 is 0. The summed E-state index contributed by atoms with van der Waals surface area (Å²) in [7, 11) is 1.59. The number of carbonyl (C=O) groups excluding carboxylic acids is 1. The first-order valence-electron chi connectivity index (χ1n) is 9.40. The minimum Gasteiger partial charge on any atom is -0.497 e. The first-order chi connectivity index (χ1) is 13.1. The summed E-state index contributed by atoms with van der Waals surface area (Å²) in [6.07, 6.45) is 1.42. The van der Waals surface area contributed by atoms with Crippen molar-refractivity contribution < 1.29 is 19.4 Å². The van der Waals surface area contributed by atoms with E-state index in [0.717, 1.165) is 18.5 Å². The summed E-state index contributed by atoms with van der Waals surface area (Å²) in [4.78, 5) is 12.5. The second kappa shape index (κ2) is 13.2. The Morgan fingerprint density at radius 3 is 2.71 bits per heavy atom. The maximum Gasteiger partial charge on any atom is 0.163 e. The number of halogens is 1. The van der Waals surface area contributed by atoms with Crippen LogP contribution in [-0.2, 0) is 6.42 Å². The molecule has 0 aliphatic rings. The highest BCUT2D eigenvalue weighted by Gasteiger charge is 2.11. The summed E-state index contributed by atoms with van der Waals surface area (Å²) in [5.41, 5.74) is 1.60. The van der Waals surface area contributed by atoms with E-state index >= 15 is 0 Å². The molecule has 0 aliphatic heterocycles. The second-order valence-electron chi connectivity index (χ2n) is 6.43. The summed E-state index contributed by atoms with van der Waals surface area (Å²) < 4.78 is 11.0. The van der Waals surface area contributed by atoms with E-state index in [1.54, 1.807) is 19.2 Å². The van der Waals surface area contributed by atoms with Crippen molar-refractivity contribution in [3.05, 3.63) is 59.7 Å². The third-order valence-corrected chi connectivity index (χ3v) is 4.22. The zero-order valence-corrected chi connectivity index (χ0v) is 17.3. The van der Waals surface area contributed by atoms with E-state index in [1.807, 2.05) is 36.4 Å².